The number of nitrogens with zero attached hydrogens (tertiary/aromatic N) is 2. The van der Waals surface area contributed by atoms with Crippen LogP contribution >= 0.6 is 0 Å². The highest BCUT2D eigenvalue weighted by molar-refractivity contribution is 5.78. The van der Waals surface area contributed by atoms with Crippen LogP contribution in [0.25, 0.3) is 0 Å². The Hall–Kier alpha value is -2.82. The van der Waals surface area contributed by atoms with E-state index in [9.17, 15) is 13.6 Å². The summed E-state index contributed by atoms with van der Waals surface area (Å²) >= 11 is 0. The number of hydrogen-bond donors (Lipinski definition) is 1. The summed E-state index contributed by atoms with van der Waals surface area (Å²) in [5.41, 5.74) is 2.27. The number of halogens is 2. The highest BCUT2D eigenvalue weighted by atomic mass is 19.1. The number of aliphatic hydroxyl groups is 1. The van der Waals surface area contributed by atoms with Gasteiger partial charge in [0, 0.05) is 18.9 Å². The molecule has 4 rings (SSSR count). The number of aliphatic hydroxyl groups excluding tert-OH is 1. The molecule has 0 unspecified atom stereocenters. The van der Waals surface area contributed by atoms with Crippen LogP contribution in [0.2, 0.25) is 0 Å². The highest BCUT2D eigenvalue weighted by Crippen LogP contribution is 2.37. The summed E-state index contributed by atoms with van der Waals surface area (Å²) in [6.07, 6.45) is 4.84. The first-order valence-corrected chi connectivity index (χ1v) is 11.5. The van der Waals surface area contributed by atoms with Gasteiger partial charge in [0.25, 0.3) is 0 Å². The van der Waals surface area contributed by atoms with Crippen LogP contribution in [-0.4, -0.2) is 29.3 Å². The zero-order chi connectivity index (χ0) is 23.4. The molecule has 0 spiro atoms. The third-order valence-electron chi connectivity index (χ3n) is 6.77. The van der Waals surface area contributed by atoms with Crippen molar-refractivity contribution in [2.24, 2.45) is 11.8 Å². The van der Waals surface area contributed by atoms with Crippen molar-refractivity contribution >= 4 is 5.91 Å². The maximum atomic E-state index is 14.2. The van der Waals surface area contributed by atoms with Gasteiger partial charge in [-0.05, 0) is 85.4 Å². The number of carbonyl (C=O) groups is 1. The standard InChI is InChI=1S/C26H28F2N2O3/c27-23-13-19(16-29)12-22(15-23)25-8-10-33-30(25)26(32)21-5-1-17(2-6-21)11-18-3-4-20(7-9-31)24(28)14-18/h3-4,12-15,17,21,25,31H,1-2,5-11H2/t17-,21-,25-/m0/s1. The van der Waals surface area contributed by atoms with Crippen molar-refractivity contribution in [2.45, 2.75) is 51.0 Å². The summed E-state index contributed by atoms with van der Waals surface area (Å²) in [5.74, 6) is -0.634. The SMILES string of the molecule is N#Cc1cc(F)cc([C@@H]2CCON2C(=O)[C@H]2CC[C@H](Cc3ccc(CCO)c(F)c3)CC2)c1. The minimum Gasteiger partial charge on any atom is -0.396 e. The first-order chi connectivity index (χ1) is 16.0. The molecule has 1 saturated heterocycles. The summed E-state index contributed by atoms with van der Waals surface area (Å²) in [4.78, 5) is 18.8. The van der Waals surface area contributed by atoms with Gasteiger partial charge in [0.2, 0.25) is 5.91 Å². The molecule has 2 aromatic carbocycles. The average Bonchev–Trinajstić information content (AvgIpc) is 3.30. The molecular formula is C26H28F2N2O3. The monoisotopic (exact) mass is 454 g/mol. The molecular weight excluding hydrogens is 426 g/mol. The van der Waals surface area contributed by atoms with Crippen molar-refractivity contribution < 1.29 is 23.5 Å². The van der Waals surface area contributed by atoms with E-state index in [2.05, 4.69) is 0 Å². The van der Waals surface area contributed by atoms with Gasteiger partial charge in [-0.2, -0.15) is 5.26 Å². The second-order valence-electron chi connectivity index (χ2n) is 9.01. The molecule has 1 amide bonds. The van der Waals surface area contributed by atoms with Crippen molar-refractivity contribution in [3.8, 4) is 6.07 Å². The van der Waals surface area contributed by atoms with Crippen molar-refractivity contribution in [1.82, 2.24) is 5.06 Å². The van der Waals surface area contributed by atoms with Crippen LogP contribution in [0.5, 0.6) is 0 Å². The number of carbonyl (C=O) groups excluding carboxylic acids is 1. The number of hydroxylamine groups is 2. The lowest BCUT2D eigenvalue weighted by atomic mass is 9.78. The van der Waals surface area contributed by atoms with Crippen LogP contribution in [0.15, 0.2) is 36.4 Å². The summed E-state index contributed by atoms with van der Waals surface area (Å²) in [6.45, 7) is 0.302. The number of hydrogen-bond acceptors (Lipinski definition) is 4. The van der Waals surface area contributed by atoms with E-state index in [4.69, 9.17) is 15.2 Å². The van der Waals surface area contributed by atoms with Crippen molar-refractivity contribution in [3.63, 3.8) is 0 Å². The van der Waals surface area contributed by atoms with Crippen LogP contribution in [0.1, 0.15) is 60.4 Å². The van der Waals surface area contributed by atoms with Gasteiger partial charge in [-0.3, -0.25) is 9.63 Å². The molecule has 7 heteroatoms. The number of benzene rings is 2. The highest BCUT2D eigenvalue weighted by Gasteiger charge is 2.37. The lowest BCUT2D eigenvalue weighted by Gasteiger charge is -2.32. The molecule has 1 N–H and O–H groups in total. The smallest absolute Gasteiger partial charge is 0.249 e. The van der Waals surface area contributed by atoms with E-state index in [-0.39, 0.29) is 29.8 Å². The maximum Gasteiger partial charge on any atom is 0.249 e. The van der Waals surface area contributed by atoms with Gasteiger partial charge in [0.15, 0.2) is 0 Å². The Balaban J connectivity index is 1.36. The zero-order valence-electron chi connectivity index (χ0n) is 18.5. The molecule has 33 heavy (non-hydrogen) atoms. The minimum absolute atomic E-state index is 0.0748. The number of nitriles is 1. The molecule has 0 bridgehead atoms. The molecule has 1 heterocycles. The van der Waals surface area contributed by atoms with Crippen molar-refractivity contribution in [2.75, 3.05) is 13.2 Å². The lowest BCUT2D eigenvalue weighted by molar-refractivity contribution is -0.183. The topological polar surface area (TPSA) is 73.6 Å². The maximum absolute atomic E-state index is 14.2. The largest absolute Gasteiger partial charge is 0.396 e. The summed E-state index contributed by atoms with van der Waals surface area (Å²) < 4.78 is 28.1. The normalized spacial score (nSPS) is 22.8. The molecule has 1 saturated carbocycles. The molecule has 2 aliphatic rings. The molecule has 1 aliphatic carbocycles. The summed E-state index contributed by atoms with van der Waals surface area (Å²) in [6, 6.07) is 10.9. The number of amides is 1. The van der Waals surface area contributed by atoms with Crippen LogP contribution in [0, 0.1) is 34.8 Å². The Morgan fingerprint density at radius 3 is 2.61 bits per heavy atom. The zero-order valence-corrected chi connectivity index (χ0v) is 18.5. The van der Waals surface area contributed by atoms with Gasteiger partial charge < -0.3 is 5.11 Å². The Morgan fingerprint density at radius 1 is 1.12 bits per heavy atom. The minimum atomic E-state index is -0.496. The van der Waals surface area contributed by atoms with Gasteiger partial charge >= 0.3 is 0 Å². The van der Waals surface area contributed by atoms with Crippen molar-refractivity contribution in [1.29, 1.82) is 5.26 Å². The van der Waals surface area contributed by atoms with E-state index in [1.54, 1.807) is 18.2 Å². The molecule has 1 aliphatic heterocycles. The molecule has 5 nitrogen and oxygen atoms in total. The van der Waals surface area contributed by atoms with Crippen LogP contribution in [-0.2, 0) is 22.5 Å². The van der Waals surface area contributed by atoms with Gasteiger partial charge in [-0.15, -0.1) is 0 Å². The van der Waals surface area contributed by atoms with Gasteiger partial charge in [-0.25, -0.2) is 13.8 Å². The fourth-order valence-electron chi connectivity index (χ4n) is 5.03. The third-order valence-corrected chi connectivity index (χ3v) is 6.77. The quantitative estimate of drug-likeness (QED) is 0.691. The Kier molecular flexibility index (Phi) is 7.36. The summed E-state index contributed by atoms with van der Waals surface area (Å²) in [5, 5.41) is 19.5. The van der Waals surface area contributed by atoms with E-state index in [0.29, 0.717) is 36.5 Å². The van der Waals surface area contributed by atoms with E-state index in [0.717, 1.165) is 37.7 Å². The van der Waals surface area contributed by atoms with Crippen LogP contribution in [0.3, 0.4) is 0 Å². The Morgan fingerprint density at radius 2 is 1.91 bits per heavy atom. The number of rotatable bonds is 6. The predicted molar refractivity (Wildman–Crippen MR) is 118 cm³/mol. The molecule has 174 valence electrons. The van der Waals surface area contributed by atoms with E-state index in [1.165, 1.54) is 17.2 Å². The van der Waals surface area contributed by atoms with E-state index >= 15 is 0 Å². The molecule has 2 fully saturated rings. The first kappa shape index (κ1) is 23.3. The third kappa shape index (κ3) is 5.40. The van der Waals surface area contributed by atoms with E-state index < -0.39 is 11.9 Å². The van der Waals surface area contributed by atoms with Crippen LogP contribution in [0.4, 0.5) is 8.78 Å². The Labute approximate surface area is 192 Å². The Bertz CT molecular complexity index is 1040. The average molecular weight is 455 g/mol. The fourth-order valence-corrected chi connectivity index (χ4v) is 5.03. The molecule has 2 aromatic rings. The molecule has 0 aromatic heterocycles. The van der Waals surface area contributed by atoms with Gasteiger partial charge in [-0.1, -0.05) is 12.1 Å². The predicted octanol–water partition coefficient (Wildman–Crippen LogP) is 4.63. The summed E-state index contributed by atoms with van der Waals surface area (Å²) in [7, 11) is 0. The first-order valence-electron chi connectivity index (χ1n) is 11.5. The second kappa shape index (κ2) is 10.4. The van der Waals surface area contributed by atoms with E-state index in [1.807, 2.05) is 12.1 Å². The molecule has 1 atom stereocenters. The van der Waals surface area contributed by atoms with Gasteiger partial charge in [0.1, 0.15) is 11.6 Å². The van der Waals surface area contributed by atoms with Crippen molar-refractivity contribution in [3.05, 3.63) is 70.3 Å². The lowest BCUT2D eigenvalue weighted by Crippen LogP contribution is -2.36. The fraction of sp³-hybridized carbons (Fsp3) is 0.462. The van der Waals surface area contributed by atoms with Gasteiger partial charge in [0.05, 0.1) is 24.3 Å². The molecule has 0 radical (unpaired) electrons. The van der Waals surface area contributed by atoms with Crippen LogP contribution < -0.4 is 0 Å². The second-order valence-corrected chi connectivity index (χ2v) is 9.01.